The molecule has 0 radical (unpaired) electrons. The number of benzene rings is 1. The molecule has 1 aromatic rings. The van der Waals surface area contributed by atoms with Gasteiger partial charge in [0.25, 0.3) is 0 Å². The van der Waals surface area contributed by atoms with Gasteiger partial charge >= 0.3 is 0 Å². The maximum atomic E-state index is 13.4. The molecule has 27 heavy (non-hydrogen) atoms. The van der Waals surface area contributed by atoms with Crippen LogP contribution in [0.15, 0.2) is 30.3 Å². The number of rotatable bonds is 4. The van der Waals surface area contributed by atoms with E-state index in [0.717, 1.165) is 64.5 Å². The average molecular weight is 367 g/mol. The van der Waals surface area contributed by atoms with E-state index >= 15 is 0 Å². The van der Waals surface area contributed by atoms with Gasteiger partial charge in [-0.25, -0.2) is 0 Å². The Kier molecular flexibility index (Phi) is 4.45. The second-order valence-electron chi connectivity index (χ2n) is 9.08. The van der Waals surface area contributed by atoms with E-state index in [9.17, 15) is 9.59 Å². The lowest BCUT2D eigenvalue weighted by molar-refractivity contribution is -0.159. The Morgan fingerprint density at radius 3 is 2.33 bits per heavy atom. The number of piperidine rings is 2. The minimum absolute atomic E-state index is 0.137. The predicted octanol–water partition coefficient (Wildman–Crippen LogP) is 3.26. The Morgan fingerprint density at radius 1 is 0.926 bits per heavy atom. The standard InChI is InChI=1S/C23H30N2O2/c26-22(20-15-18(20)14-16-6-2-1-3-7-16)25-19-10-8-17(9-11-19)21(25)23(27)24-12-4-5-13-24/h1-3,6-7,17-21H,4-5,8-15H2/t17?,18-,19?,20-,21-/m0/s1. The minimum atomic E-state index is -0.166. The number of carbonyl (C=O) groups excluding carboxylic acids is 2. The molecule has 3 heterocycles. The van der Waals surface area contributed by atoms with Crippen molar-refractivity contribution in [3.05, 3.63) is 35.9 Å². The number of carbonyl (C=O) groups is 2. The van der Waals surface area contributed by atoms with E-state index in [0.29, 0.717) is 17.9 Å². The third-order valence-electron chi connectivity index (χ3n) is 7.39. The summed E-state index contributed by atoms with van der Waals surface area (Å²) in [7, 11) is 0. The molecule has 4 nitrogen and oxygen atoms in total. The van der Waals surface area contributed by atoms with E-state index in [2.05, 4.69) is 29.2 Å². The first-order valence-corrected chi connectivity index (χ1v) is 10.9. The van der Waals surface area contributed by atoms with Crippen LogP contribution in [0, 0.1) is 17.8 Å². The molecule has 0 N–H and O–H groups in total. The number of nitrogens with zero attached hydrogens (tertiary/aromatic N) is 2. The highest BCUT2D eigenvalue weighted by atomic mass is 16.2. The molecular weight excluding hydrogens is 336 g/mol. The maximum Gasteiger partial charge on any atom is 0.245 e. The molecule has 0 spiro atoms. The topological polar surface area (TPSA) is 40.6 Å². The normalized spacial score (nSPS) is 34.7. The summed E-state index contributed by atoms with van der Waals surface area (Å²) in [6.07, 6.45) is 8.64. The van der Waals surface area contributed by atoms with E-state index in [1.54, 1.807) is 0 Å². The second-order valence-corrected chi connectivity index (χ2v) is 9.08. The molecule has 2 bridgehead atoms. The van der Waals surface area contributed by atoms with Crippen LogP contribution >= 0.6 is 0 Å². The lowest BCUT2D eigenvalue weighted by Crippen LogP contribution is -2.63. The molecule has 144 valence electrons. The van der Waals surface area contributed by atoms with Gasteiger partial charge in [-0.15, -0.1) is 0 Å². The van der Waals surface area contributed by atoms with E-state index in [4.69, 9.17) is 0 Å². The van der Waals surface area contributed by atoms with Crippen LogP contribution in [0.4, 0.5) is 0 Å². The Morgan fingerprint density at radius 2 is 1.63 bits per heavy atom. The summed E-state index contributed by atoms with van der Waals surface area (Å²) in [5, 5.41) is 0. The third-order valence-corrected chi connectivity index (χ3v) is 7.39. The number of hydrogen-bond acceptors (Lipinski definition) is 2. The predicted molar refractivity (Wildman–Crippen MR) is 104 cm³/mol. The number of fused-ring (bicyclic) bond motifs is 3. The smallest absolute Gasteiger partial charge is 0.245 e. The van der Waals surface area contributed by atoms with Gasteiger partial charge in [-0.3, -0.25) is 9.59 Å². The van der Waals surface area contributed by atoms with Crippen LogP contribution in [-0.4, -0.2) is 46.8 Å². The zero-order valence-electron chi connectivity index (χ0n) is 16.1. The Balaban J connectivity index is 1.31. The SMILES string of the molecule is O=C([C@@H]1C2CCC(CC2)N1C(=O)[C@H]1C[C@@H]1Cc1ccccc1)N1CCCC1. The van der Waals surface area contributed by atoms with Gasteiger partial charge in [-0.1, -0.05) is 30.3 Å². The van der Waals surface area contributed by atoms with Crippen molar-refractivity contribution in [2.24, 2.45) is 17.8 Å². The second kappa shape index (κ2) is 6.96. The van der Waals surface area contributed by atoms with Crippen molar-refractivity contribution in [1.29, 1.82) is 0 Å². The van der Waals surface area contributed by atoms with Crippen molar-refractivity contribution in [2.75, 3.05) is 13.1 Å². The maximum absolute atomic E-state index is 13.4. The largest absolute Gasteiger partial charge is 0.341 e. The van der Waals surface area contributed by atoms with Crippen LogP contribution < -0.4 is 0 Å². The summed E-state index contributed by atoms with van der Waals surface area (Å²) >= 11 is 0. The Hall–Kier alpha value is -1.84. The van der Waals surface area contributed by atoms with Gasteiger partial charge < -0.3 is 9.80 Å². The van der Waals surface area contributed by atoms with Crippen LogP contribution in [0.2, 0.25) is 0 Å². The van der Waals surface area contributed by atoms with Crippen molar-refractivity contribution >= 4 is 11.8 Å². The van der Waals surface area contributed by atoms with Crippen molar-refractivity contribution in [2.45, 2.75) is 63.5 Å². The lowest BCUT2D eigenvalue weighted by Gasteiger charge is -2.51. The van der Waals surface area contributed by atoms with Gasteiger partial charge in [0, 0.05) is 25.0 Å². The van der Waals surface area contributed by atoms with E-state index in [1.165, 1.54) is 5.56 Å². The molecule has 0 aromatic heterocycles. The summed E-state index contributed by atoms with van der Waals surface area (Å²) in [6, 6.07) is 10.6. The molecule has 5 fully saturated rings. The quantitative estimate of drug-likeness (QED) is 0.821. The van der Waals surface area contributed by atoms with Crippen LogP contribution in [0.1, 0.15) is 50.5 Å². The van der Waals surface area contributed by atoms with Crippen LogP contribution in [0.3, 0.4) is 0 Å². The molecule has 2 saturated carbocycles. The molecule has 2 amide bonds. The van der Waals surface area contributed by atoms with Gasteiger partial charge in [0.05, 0.1) is 0 Å². The Labute approximate surface area is 161 Å². The lowest BCUT2D eigenvalue weighted by atomic mass is 9.73. The van der Waals surface area contributed by atoms with Gasteiger partial charge in [0.15, 0.2) is 0 Å². The zero-order chi connectivity index (χ0) is 18.4. The molecule has 3 atom stereocenters. The summed E-state index contributed by atoms with van der Waals surface area (Å²) in [5.41, 5.74) is 1.32. The molecule has 3 saturated heterocycles. The minimum Gasteiger partial charge on any atom is -0.341 e. The van der Waals surface area contributed by atoms with E-state index < -0.39 is 0 Å². The summed E-state index contributed by atoms with van der Waals surface area (Å²) in [6.45, 7) is 1.77. The highest BCUT2D eigenvalue weighted by Gasteiger charge is 2.53. The van der Waals surface area contributed by atoms with Crippen molar-refractivity contribution in [3.8, 4) is 0 Å². The first-order chi connectivity index (χ1) is 13.2. The van der Waals surface area contributed by atoms with Crippen LogP contribution in [-0.2, 0) is 16.0 Å². The average Bonchev–Trinajstić information content (AvgIpc) is 3.26. The molecular formula is C23H30N2O2. The molecule has 1 aromatic carbocycles. The molecule has 4 heteroatoms. The number of amides is 2. The highest BCUT2D eigenvalue weighted by Crippen LogP contribution is 2.47. The molecule has 2 aliphatic carbocycles. The van der Waals surface area contributed by atoms with Gasteiger partial charge in [-0.05, 0) is 68.8 Å². The zero-order valence-corrected chi connectivity index (χ0v) is 16.1. The summed E-state index contributed by atoms with van der Waals surface area (Å²) in [4.78, 5) is 30.8. The van der Waals surface area contributed by atoms with E-state index in [1.807, 2.05) is 11.0 Å². The monoisotopic (exact) mass is 366 g/mol. The van der Waals surface area contributed by atoms with Crippen molar-refractivity contribution in [1.82, 2.24) is 9.80 Å². The fraction of sp³-hybridized carbons (Fsp3) is 0.652. The molecule has 5 aliphatic rings. The van der Waals surface area contributed by atoms with E-state index in [-0.39, 0.29) is 23.8 Å². The molecule has 3 aliphatic heterocycles. The fourth-order valence-corrected chi connectivity index (χ4v) is 5.80. The van der Waals surface area contributed by atoms with Gasteiger partial charge in [-0.2, -0.15) is 0 Å². The van der Waals surface area contributed by atoms with Crippen LogP contribution in [0.5, 0.6) is 0 Å². The molecule has 0 unspecified atom stereocenters. The fourth-order valence-electron chi connectivity index (χ4n) is 5.80. The van der Waals surface area contributed by atoms with Crippen LogP contribution in [0.25, 0.3) is 0 Å². The van der Waals surface area contributed by atoms with Gasteiger partial charge in [0.1, 0.15) is 6.04 Å². The van der Waals surface area contributed by atoms with Crippen molar-refractivity contribution in [3.63, 3.8) is 0 Å². The first kappa shape index (κ1) is 17.3. The number of likely N-dealkylation sites (tertiary alicyclic amines) is 1. The number of hydrogen-bond donors (Lipinski definition) is 0. The van der Waals surface area contributed by atoms with Crippen molar-refractivity contribution < 1.29 is 9.59 Å². The first-order valence-electron chi connectivity index (χ1n) is 10.9. The summed E-state index contributed by atoms with van der Waals surface area (Å²) < 4.78 is 0. The Bertz CT molecular complexity index is 704. The van der Waals surface area contributed by atoms with Gasteiger partial charge in [0.2, 0.25) is 11.8 Å². The third kappa shape index (κ3) is 3.17. The summed E-state index contributed by atoms with van der Waals surface area (Å²) in [5.74, 6) is 1.51. The highest BCUT2D eigenvalue weighted by molar-refractivity contribution is 5.91. The molecule has 6 rings (SSSR count).